The molecule has 0 aromatic carbocycles. The molecule has 0 radical (unpaired) electrons. The van der Waals surface area contributed by atoms with Gasteiger partial charge in [-0.05, 0) is 17.7 Å². The molecule has 3 aromatic heterocycles. The van der Waals surface area contributed by atoms with Crippen molar-refractivity contribution >= 4 is 17.5 Å². The van der Waals surface area contributed by atoms with Crippen LogP contribution in [0.5, 0.6) is 0 Å². The molecule has 3 rings (SSSR count). The average Bonchev–Trinajstić information content (AvgIpc) is 3.11. The average molecular weight is 292 g/mol. The van der Waals surface area contributed by atoms with Crippen LogP contribution in [0, 0.1) is 0 Å². The second-order valence-corrected chi connectivity index (χ2v) is 4.13. The van der Waals surface area contributed by atoms with Gasteiger partial charge in [0, 0.05) is 25.4 Å². The van der Waals surface area contributed by atoms with Crippen molar-refractivity contribution in [2.45, 2.75) is 6.42 Å². The molecule has 0 aliphatic heterocycles. The van der Waals surface area contributed by atoms with Gasteiger partial charge in [-0.1, -0.05) is 0 Å². The van der Waals surface area contributed by atoms with Gasteiger partial charge in [0.25, 0.3) is 5.95 Å². The third-order valence-corrected chi connectivity index (χ3v) is 2.58. The highest BCUT2D eigenvalue weighted by Crippen LogP contribution is 2.08. The minimum Gasteiger partial charge on any atom is -0.354 e. The minimum atomic E-state index is 0.104. The summed E-state index contributed by atoms with van der Waals surface area (Å²) in [6, 6.07) is 1.77. The van der Waals surface area contributed by atoms with Crippen molar-refractivity contribution in [3.63, 3.8) is 0 Å². The number of hydrogen-bond acceptors (Lipinski definition) is 7. The third kappa shape index (κ3) is 2.88. The number of anilines is 1. The summed E-state index contributed by atoms with van der Waals surface area (Å²) < 4.78 is 1.51. The molecule has 0 amide bonds. The Labute approximate surface area is 118 Å². The largest absolute Gasteiger partial charge is 0.354 e. The lowest BCUT2D eigenvalue weighted by atomic mass is 10.4. The van der Waals surface area contributed by atoms with Crippen molar-refractivity contribution in [1.82, 2.24) is 39.9 Å². The molecule has 3 aromatic rings. The molecule has 0 fully saturated rings. The van der Waals surface area contributed by atoms with Gasteiger partial charge in [-0.15, -0.1) is 0 Å². The van der Waals surface area contributed by atoms with Gasteiger partial charge in [0.1, 0.15) is 12.2 Å². The van der Waals surface area contributed by atoms with Gasteiger partial charge in [-0.25, -0.2) is 9.67 Å². The van der Waals surface area contributed by atoms with Crippen molar-refractivity contribution < 1.29 is 0 Å². The van der Waals surface area contributed by atoms with Crippen LogP contribution in [-0.4, -0.2) is 46.5 Å². The van der Waals surface area contributed by atoms with Crippen molar-refractivity contribution in [2.24, 2.45) is 0 Å². The molecule has 0 saturated heterocycles. The molecule has 0 saturated carbocycles. The summed E-state index contributed by atoms with van der Waals surface area (Å²) in [6.07, 6.45) is 5.49. The van der Waals surface area contributed by atoms with Crippen molar-refractivity contribution in [3.8, 4) is 5.95 Å². The summed E-state index contributed by atoms with van der Waals surface area (Å²) in [6.45, 7) is 0.591. The summed E-state index contributed by atoms with van der Waals surface area (Å²) in [7, 11) is 0. The Morgan fingerprint density at radius 3 is 3.00 bits per heavy atom. The molecule has 0 spiro atoms. The fourth-order valence-electron chi connectivity index (χ4n) is 1.55. The highest BCUT2D eigenvalue weighted by atomic mass is 35.5. The Morgan fingerprint density at radius 1 is 1.30 bits per heavy atom. The smallest absolute Gasteiger partial charge is 0.256 e. The Bertz CT molecular complexity index is 664. The first kappa shape index (κ1) is 12.5. The molecular formula is C10H10ClN9. The maximum Gasteiger partial charge on any atom is 0.256 e. The molecule has 102 valence electrons. The number of nitrogens with one attached hydrogen (secondary N) is 2. The van der Waals surface area contributed by atoms with Crippen LogP contribution >= 0.6 is 11.6 Å². The summed E-state index contributed by atoms with van der Waals surface area (Å²) >= 11 is 5.87. The van der Waals surface area contributed by atoms with Crippen LogP contribution in [0.1, 0.15) is 5.82 Å². The maximum absolute atomic E-state index is 5.87. The number of aromatic amines is 1. The Morgan fingerprint density at radius 2 is 2.25 bits per heavy atom. The first-order valence-electron chi connectivity index (χ1n) is 5.81. The van der Waals surface area contributed by atoms with Gasteiger partial charge in [-0.3, -0.25) is 5.10 Å². The molecule has 0 atom stereocenters. The van der Waals surface area contributed by atoms with E-state index in [0.29, 0.717) is 24.9 Å². The van der Waals surface area contributed by atoms with Crippen molar-refractivity contribution in [3.05, 3.63) is 35.9 Å². The monoisotopic (exact) mass is 291 g/mol. The van der Waals surface area contributed by atoms with Gasteiger partial charge in [-0.2, -0.15) is 25.1 Å². The molecule has 0 unspecified atom stereocenters. The van der Waals surface area contributed by atoms with E-state index in [2.05, 4.69) is 40.5 Å². The topological polar surface area (TPSA) is 110 Å². The maximum atomic E-state index is 5.87. The highest BCUT2D eigenvalue weighted by Gasteiger charge is 2.07. The fourth-order valence-corrected chi connectivity index (χ4v) is 1.71. The number of nitrogens with zero attached hydrogens (tertiary/aromatic N) is 7. The molecule has 3 heterocycles. The number of halogens is 1. The van der Waals surface area contributed by atoms with Crippen LogP contribution < -0.4 is 5.32 Å². The van der Waals surface area contributed by atoms with Gasteiger partial charge >= 0.3 is 0 Å². The van der Waals surface area contributed by atoms with Crippen LogP contribution in [0.3, 0.4) is 0 Å². The molecule has 9 nitrogen and oxygen atoms in total. The van der Waals surface area contributed by atoms with Crippen LogP contribution in [-0.2, 0) is 6.42 Å². The number of H-pyrrole nitrogens is 1. The molecule has 0 aliphatic carbocycles. The van der Waals surface area contributed by atoms with Crippen LogP contribution in [0.15, 0.2) is 24.8 Å². The zero-order valence-electron chi connectivity index (χ0n) is 10.2. The van der Waals surface area contributed by atoms with Crippen LogP contribution in [0.4, 0.5) is 5.95 Å². The van der Waals surface area contributed by atoms with E-state index in [1.807, 2.05) is 0 Å². The number of aromatic nitrogens is 8. The van der Waals surface area contributed by atoms with E-state index in [4.69, 9.17) is 11.6 Å². The molecule has 0 bridgehead atoms. The Kier molecular flexibility index (Phi) is 3.50. The number of hydrogen-bond donors (Lipinski definition) is 2. The summed E-state index contributed by atoms with van der Waals surface area (Å²) in [5.41, 5.74) is 0. The molecular weight excluding hydrogens is 282 g/mol. The lowest BCUT2D eigenvalue weighted by Crippen LogP contribution is -2.12. The van der Waals surface area contributed by atoms with Gasteiger partial charge in [0.15, 0.2) is 0 Å². The zero-order valence-corrected chi connectivity index (χ0v) is 11.0. The van der Waals surface area contributed by atoms with E-state index in [1.165, 1.54) is 11.0 Å². The fraction of sp³-hybridized carbons (Fsp3) is 0.200. The van der Waals surface area contributed by atoms with E-state index >= 15 is 0 Å². The van der Waals surface area contributed by atoms with E-state index in [9.17, 15) is 0 Å². The summed E-state index contributed by atoms with van der Waals surface area (Å²) in [5.74, 6) is 1.53. The van der Waals surface area contributed by atoms with Gasteiger partial charge < -0.3 is 5.32 Å². The lowest BCUT2D eigenvalue weighted by Gasteiger charge is -2.05. The first-order chi connectivity index (χ1) is 9.81. The molecule has 10 heteroatoms. The predicted octanol–water partition coefficient (Wildman–Crippen LogP) is 0.483. The normalized spacial score (nSPS) is 10.7. The van der Waals surface area contributed by atoms with E-state index in [-0.39, 0.29) is 5.28 Å². The zero-order chi connectivity index (χ0) is 13.8. The third-order valence-electron chi connectivity index (χ3n) is 2.42. The highest BCUT2D eigenvalue weighted by molar-refractivity contribution is 6.28. The Balaban J connectivity index is 1.70. The van der Waals surface area contributed by atoms with E-state index < -0.39 is 0 Å². The van der Waals surface area contributed by atoms with Crippen molar-refractivity contribution in [2.75, 3.05) is 11.9 Å². The minimum absolute atomic E-state index is 0.104. The summed E-state index contributed by atoms with van der Waals surface area (Å²) in [4.78, 5) is 16.3. The molecule has 20 heavy (non-hydrogen) atoms. The quantitative estimate of drug-likeness (QED) is 0.703. The van der Waals surface area contributed by atoms with Crippen molar-refractivity contribution in [1.29, 1.82) is 0 Å². The SMILES string of the molecule is Clc1nc(NCCc2ncn[nH]2)nc(-n2cccn2)n1. The lowest BCUT2D eigenvalue weighted by molar-refractivity contribution is 0.792. The summed E-state index contributed by atoms with van der Waals surface area (Å²) in [5, 5.41) is 13.7. The molecule has 2 N–H and O–H groups in total. The second-order valence-electron chi connectivity index (χ2n) is 3.79. The van der Waals surface area contributed by atoms with Crippen LogP contribution in [0.2, 0.25) is 5.28 Å². The molecule has 0 aliphatic rings. The first-order valence-corrected chi connectivity index (χ1v) is 6.19. The Hall–Kier alpha value is -2.55. The number of rotatable bonds is 5. The van der Waals surface area contributed by atoms with E-state index in [0.717, 1.165) is 5.82 Å². The van der Waals surface area contributed by atoms with Gasteiger partial charge in [0.05, 0.1) is 0 Å². The second kappa shape index (κ2) is 5.61. The standard InChI is InChI=1S/C10H10ClN9/c11-8-16-9(12-4-2-7-13-6-14-19-7)18-10(17-8)20-5-1-3-15-20/h1,3,5-6H,2,4H2,(H,13,14,19)(H,12,16,17,18). The van der Waals surface area contributed by atoms with Gasteiger partial charge in [0.2, 0.25) is 11.2 Å². The van der Waals surface area contributed by atoms with Crippen LogP contribution in [0.25, 0.3) is 5.95 Å². The predicted molar refractivity (Wildman–Crippen MR) is 70.5 cm³/mol. The van der Waals surface area contributed by atoms with E-state index in [1.54, 1.807) is 18.5 Å².